The summed E-state index contributed by atoms with van der Waals surface area (Å²) in [6, 6.07) is 17.9. The fraction of sp³-hybridized carbons (Fsp3) is 0.370. The van der Waals surface area contributed by atoms with Gasteiger partial charge in [0.2, 0.25) is 5.95 Å². The van der Waals surface area contributed by atoms with Gasteiger partial charge in [-0.3, -0.25) is 4.57 Å². The molecule has 0 amide bonds. The highest BCUT2D eigenvalue weighted by Gasteiger charge is 2.23. The van der Waals surface area contributed by atoms with Crippen LogP contribution in [0.1, 0.15) is 32.2 Å². The van der Waals surface area contributed by atoms with E-state index >= 15 is 0 Å². The summed E-state index contributed by atoms with van der Waals surface area (Å²) < 4.78 is 19.2. The van der Waals surface area contributed by atoms with Crippen LogP contribution in [0, 0.1) is 17.2 Å². The molecular formula is C27H31N5O3. The van der Waals surface area contributed by atoms with Gasteiger partial charge in [-0.25, -0.2) is 0 Å². The highest BCUT2D eigenvalue weighted by Crippen LogP contribution is 2.31. The first kappa shape index (κ1) is 24.3. The second-order valence-electron chi connectivity index (χ2n) is 8.61. The van der Waals surface area contributed by atoms with Crippen LogP contribution in [0.15, 0.2) is 48.5 Å². The molecule has 0 spiro atoms. The van der Waals surface area contributed by atoms with Crippen LogP contribution in [0.5, 0.6) is 11.5 Å². The van der Waals surface area contributed by atoms with Crippen LogP contribution in [0.2, 0.25) is 0 Å². The summed E-state index contributed by atoms with van der Waals surface area (Å²) in [6.07, 6.45) is 1.81. The van der Waals surface area contributed by atoms with Gasteiger partial charge >= 0.3 is 0 Å². The minimum Gasteiger partial charge on any atom is -0.490 e. The van der Waals surface area contributed by atoms with E-state index in [2.05, 4.69) is 35.0 Å². The molecule has 182 valence electrons. The van der Waals surface area contributed by atoms with E-state index in [9.17, 15) is 5.26 Å². The van der Waals surface area contributed by atoms with Crippen molar-refractivity contribution < 1.29 is 14.2 Å². The maximum absolute atomic E-state index is 10.1. The normalized spacial score (nSPS) is 14.1. The van der Waals surface area contributed by atoms with Crippen LogP contribution in [0.25, 0.3) is 17.3 Å². The quantitative estimate of drug-likeness (QED) is 0.420. The van der Waals surface area contributed by atoms with Crippen molar-refractivity contribution in [3.63, 3.8) is 0 Å². The summed E-state index contributed by atoms with van der Waals surface area (Å²) in [5.41, 5.74) is 2.11. The Balaban J connectivity index is 1.74. The van der Waals surface area contributed by atoms with Crippen LogP contribution >= 0.6 is 0 Å². The van der Waals surface area contributed by atoms with E-state index < -0.39 is 0 Å². The van der Waals surface area contributed by atoms with E-state index in [1.165, 1.54) is 0 Å². The average Bonchev–Trinajstić information content (AvgIpc) is 3.33. The molecule has 1 aromatic heterocycles. The van der Waals surface area contributed by atoms with Gasteiger partial charge in [0.05, 0.1) is 37.7 Å². The molecule has 8 heteroatoms. The summed E-state index contributed by atoms with van der Waals surface area (Å²) in [5, 5.41) is 19.0. The van der Waals surface area contributed by atoms with Gasteiger partial charge in [-0.15, -0.1) is 10.2 Å². The van der Waals surface area contributed by atoms with Crippen molar-refractivity contribution in [3.05, 3.63) is 59.9 Å². The van der Waals surface area contributed by atoms with Crippen LogP contribution in [0.4, 0.5) is 5.95 Å². The molecule has 0 unspecified atom stereocenters. The molecule has 4 rings (SSSR count). The maximum Gasteiger partial charge on any atom is 0.232 e. The summed E-state index contributed by atoms with van der Waals surface area (Å²) in [7, 11) is 0. The molecule has 1 aliphatic rings. The molecule has 0 radical (unpaired) electrons. The number of benzene rings is 2. The van der Waals surface area contributed by atoms with E-state index in [0.29, 0.717) is 74.3 Å². The van der Waals surface area contributed by atoms with Crippen molar-refractivity contribution in [2.24, 2.45) is 5.92 Å². The number of allylic oxidation sites excluding steroid dienone is 1. The number of ether oxygens (including phenoxy) is 3. The van der Waals surface area contributed by atoms with Crippen molar-refractivity contribution in [1.82, 2.24) is 14.8 Å². The molecule has 1 fully saturated rings. The first-order valence-corrected chi connectivity index (χ1v) is 12.0. The summed E-state index contributed by atoms with van der Waals surface area (Å²) >= 11 is 0. The SMILES string of the molecule is CCOc1cc(/C=C(\C#N)c2nnc(N3CCOCC3)n2-c2ccccc2)ccc1OCC(C)C. The monoisotopic (exact) mass is 473 g/mol. The summed E-state index contributed by atoms with van der Waals surface area (Å²) in [6.45, 7) is 9.94. The zero-order valence-electron chi connectivity index (χ0n) is 20.5. The van der Waals surface area contributed by atoms with Crippen LogP contribution in [0.3, 0.4) is 0 Å². The standard InChI is InChI=1S/C27H31N5O3/c1-4-34-25-17-21(10-11-24(25)35-19-20(2)3)16-22(18-28)26-29-30-27(31-12-14-33-15-13-31)32(26)23-8-6-5-7-9-23/h5-11,16-17,20H,4,12-15,19H2,1-3H3/b22-16+. The largest absolute Gasteiger partial charge is 0.490 e. The van der Waals surface area contributed by atoms with Gasteiger partial charge in [0.25, 0.3) is 0 Å². The molecule has 1 aliphatic heterocycles. The topological polar surface area (TPSA) is 85.4 Å². The molecule has 2 aromatic carbocycles. The third kappa shape index (κ3) is 5.81. The Morgan fingerprint density at radius 1 is 1.09 bits per heavy atom. The van der Waals surface area contributed by atoms with Crippen molar-refractivity contribution in [2.45, 2.75) is 20.8 Å². The lowest BCUT2D eigenvalue weighted by Gasteiger charge is -2.28. The first-order valence-electron chi connectivity index (χ1n) is 12.0. The molecular weight excluding hydrogens is 442 g/mol. The van der Waals surface area contributed by atoms with E-state index in [-0.39, 0.29) is 0 Å². The third-order valence-electron chi connectivity index (χ3n) is 5.47. The van der Waals surface area contributed by atoms with Crippen LogP contribution < -0.4 is 14.4 Å². The lowest BCUT2D eigenvalue weighted by Crippen LogP contribution is -2.38. The Morgan fingerprint density at radius 3 is 2.54 bits per heavy atom. The number of hydrogen-bond acceptors (Lipinski definition) is 7. The number of anilines is 1. The Hall–Kier alpha value is -3.83. The smallest absolute Gasteiger partial charge is 0.232 e. The van der Waals surface area contributed by atoms with Gasteiger partial charge < -0.3 is 19.1 Å². The molecule has 0 N–H and O–H groups in total. The van der Waals surface area contributed by atoms with Gasteiger partial charge in [-0.2, -0.15) is 5.26 Å². The molecule has 3 aromatic rings. The number of hydrogen-bond donors (Lipinski definition) is 0. The van der Waals surface area contributed by atoms with Crippen molar-refractivity contribution >= 4 is 17.6 Å². The molecule has 0 bridgehead atoms. The fourth-order valence-electron chi connectivity index (χ4n) is 3.81. The third-order valence-corrected chi connectivity index (χ3v) is 5.47. The number of nitrogens with zero attached hydrogens (tertiary/aromatic N) is 5. The molecule has 2 heterocycles. The van der Waals surface area contributed by atoms with Crippen LogP contribution in [-0.2, 0) is 4.74 Å². The molecule has 0 atom stereocenters. The van der Waals surface area contributed by atoms with E-state index in [1.54, 1.807) is 6.08 Å². The van der Waals surface area contributed by atoms with Gasteiger partial charge in [-0.05, 0) is 48.7 Å². The Bertz CT molecular complexity index is 1190. The van der Waals surface area contributed by atoms with Crippen molar-refractivity contribution in [3.8, 4) is 23.3 Å². The second-order valence-corrected chi connectivity index (χ2v) is 8.61. The highest BCUT2D eigenvalue weighted by molar-refractivity contribution is 5.88. The highest BCUT2D eigenvalue weighted by atomic mass is 16.5. The van der Waals surface area contributed by atoms with Crippen molar-refractivity contribution in [1.29, 1.82) is 5.26 Å². The van der Waals surface area contributed by atoms with Crippen molar-refractivity contribution in [2.75, 3.05) is 44.4 Å². The summed E-state index contributed by atoms with van der Waals surface area (Å²) in [4.78, 5) is 2.13. The number of rotatable bonds is 9. The number of para-hydroxylation sites is 1. The lowest BCUT2D eigenvalue weighted by molar-refractivity contribution is 0.122. The predicted octanol–water partition coefficient (Wildman–Crippen LogP) is 4.60. The number of aromatic nitrogens is 3. The van der Waals surface area contributed by atoms with Gasteiger partial charge in [0.1, 0.15) is 6.07 Å². The minimum absolute atomic E-state index is 0.402. The van der Waals surface area contributed by atoms with E-state index in [4.69, 9.17) is 14.2 Å². The Labute approximate surface area is 206 Å². The molecule has 35 heavy (non-hydrogen) atoms. The van der Waals surface area contributed by atoms with Gasteiger partial charge in [0, 0.05) is 13.1 Å². The Kier molecular flexibility index (Phi) is 8.01. The molecule has 0 saturated carbocycles. The Morgan fingerprint density at radius 2 is 1.86 bits per heavy atom. The summed E-state index contributed by atoms with van der Waals surface area (Å²) in [5.74, 6) is 2.93. The van der Waals surface area contributed by atoms with E-state index in [1.807, 2.05) is 60.0 Å². The van der Waals surface area contributed by atoms with E-state index in [0.717, 1.165) is 11.3 Å². The fourth-order valence-corrected chi connectivity index (χ4v) is 3.81. The first-order chi connectivity index (χ1) is 17.1. The minimum atomic E-state index is 0.402. The second kappa shape index (κ2) is 11.5. The zero-order valence-corrected chi connectivity index (χ0v) is 20.5. The maximum atomic E-state index is 10.1. The molecule has 8 nitrogen and oxygen atoms in total. The lowest BCUT2D eigenvalue weighted by atomic mass is 10.1. The molecule has 1 saturated heterocycles. The number of morpholine rings is 1. The zero-order chi connectivity index (χ0) is 24.6. The predicted molar refractivity (Wildman–Crippen MR) is 136 cm³/mol. The number of nitriles is 1. The molecule has 0 aliphatic carbocycles. The van der Waals surface area contributed by atoms with Crippen LogP contribution in [-0.4, -0.2) is 54.3 Å². The van der Waals surface area contributed by atoms with Gasteiger partial charge in [-0.1, -0.05) is 38.1 Å². The average molecular weight is 474 g/mol. The van der Waals surface area contributed by atoms with Gasteiger partial charge in [0.15, 0.2) is 17.3 Å².